The highest BCUT2D eigenvalue weighted by atomic mass is 19.1. The fraction of sp³-hybridized carbons (Fsp3) is 0.250. The first-order chi connectivity index (χ1) is 10.1. The molecule has 112 valence electrons. The van der Waals surface area contributed by atoms with Crippen LogP contribution >= 0.6 is 0 Å². The number of methoxy groups -OCH3 is 2. The molecule has 0 aromatic heterocycles. The highest BCUT2D eigenvalue weighted by Gasteiger charge is 2.06. The first-order valence-corrected chi connectivity index (χ1v) is 6.49. The molecule has 0 unspecified atom stereocenters. The van der Waals surface area contributed by atoms with Crippen LogP contribution in [0.5, 0.6) is 11.5 Å². The maximum atomic E-state index is 13.5. The van der Waals surface area contributed by atoms with Crippen LogP contribution in [0.4, 0.5) is 8.78 Å². The third-order valence-corrected chi connectivity index (χ3v) is 3.11. The van der Waals surface area contributed by atoms with Crippen LogP contribution in [-0.2, 0) is 13.1 Å². The van der Waals surface area contributed by atoms with Gasteiger partial charge in [0.15, 0.2) is 11.5 Å². The van der Waals surface area contributed by atoms with Gasteiger partial charge in [-0.25, -0.2) is 8.78 Å². The van der Waals surface area contributed by atoms with Crippen molar-refractivity contribution in [3.05, 3.63) is 59.2 Å². The van der Waals surface area contributed by atoms with E-state index in [2.05, 4.69) is 5.32 Å². The van der Waals surface area contributed by atoms with E-state index in [-0.39, 0.29) is 0 Å². The van der Waals surface area contributed by atoms with Gasteiger partial charge in [0.2, 0.25) is 0 Å². The minimum absolute atomic E-state index is 0.320. The average molecular weight is 293 g/mol. The van der Waals surface area contributed by atoms with Crippen molar-refractivity contribution < 1.29 is 18.3 Å². The molecule has 2 aromatic carbocycles. The summed E-state index contributed by atoms with van der Waals surface area (Å²) in [5.74, 6) is 0.182. The zero-order valence-electron chi connectivity index (χ0n) is 12.0. The third-order valence-electron chi connectivity index (χ3n) is 3.11. The first kappa shape index (κ1) is 15.3. The van der Waals surface area contributed by atoms with E-state index < -0.39 is 11.6 Å². The summed E-state index contributed by atoms with van der Waals surface area (Å²) in [6.07, 6.45) is 0. The average Bonchev–Trinajstić information content (AvgIpc) is 2.49. The fourth-order valence-corrected chi connectivity index (χ4v) is 2.00. The van der Waals surface area contributed by atoms with Crippen molar-refractivity contribution in [2.45, 2.75) is 13.1 Å². The van der Waals surface area contributed by atoms with Gasteiger partial charge in [-0.1, -0.05) is 12.1 Å². The first-order valence-electron chi connectivity index (χ1n) is 6.49. The monoisotopic (exact) mass is 293 g/mol. The van der Waals surface area contributed by atoms with Crippen molar-refractivity contribution in [1.29, 1.82) is 0 Å². The number of benzene rings is 2. The van der Waals surface area contributed by atoms with E-state index in [0.29, 0.717) is 30.2 Å². The second kappa shape index (κ2) is 7.04. The van der Waals surface area contributed by atoms with Crippen LogP contribution in [0.2, 0.25) is 0 Å². The molecule has 0 heterocycles. The summed E-state index contributed by atoms with van der Waals surface area (Å²) < 4.78 is 36.7. The SMILES string of the molecule is COc1ccc(CNCc2ccc(F)cc2F)cc1OC. The maximum Gasteiger partial charge on any atom is 0.161 e. The molecule has 1 N–H and O–H groups in total. The third kappa shape index (κ3) is 3.92. The van der Waals surface area contributed by atoms with Gasteiger partial charge >= 0.3 is 0 Å². The highest BCUT2D eigenvalue weighted by Crippen LogP contribution is 2.27. The second-order valence-electron chi connectivity index (χ2n) is 4.53. The van der Waals surface area contributed by atoms with Crippen molar-refractivity contribution >= 4 is 0 Å². The summed E-state index contributed by atoms with van der Waals surface area (Å²) in [6, 6.07) is 9.13. The van der Waals surface area contributed by atoms with E-state index >= 15 is 0 Å². The van der Waals surface area contributed by atoms with E-state index in [0.717, 1.165) is 11.6 Å². The summed E-state index contributed by atoms with van der Waals surface area (Å²) in [5.41, 5.74) is 1.41. The Morgan fingerprint density at radius 2 is 1.67 bits per heavy atom. The van der Waals surface area contributed by atoms with Gasteiger partial charge in [-0.3, -0.25) is 0 Å². The Hall–Kier alpha value is -2.14. The molecule has 0 aliphatic rings. The summed E-state index contributed by atoms with van der Waals surface area (Å²) >= 11 is 0. The number of hydrogen-bond donors (Lipinski definition) is 1. The number of hydrogen-bond acceptors (Lipinski definition) is 3. The van der Waals surface area contributed by atoms with Gasteiger partial charge in [0.05, 0.1) is 14.2 Å². The standard InChI is InChI=1S/C16H17F2NO2/c1-20-15-6-3-11(7-16(15)21-2)9-19-10-12-4-5-13(17)8-14(12)18/h3-8,19H,9-10H2,1-2H3. The molecule has 0 amide bonds. The lowest BCUT2D eigenvalue weighted by Gasteiger charge is -2.10. The maximum absolute atomic E-state index is 13.5. The zero-order valence-corrected chi connectivity index (χ0v) is 12.0. The molecule has 0 aliphatic carbocycles. The Morgan fingerprint density at radius 1 is 0.905 bits per heavy atom. The topological polar surface area (TPSA) is 30.5 Å². The normalized spacial score (nSPS) is 10.5. The lowest BCUT2D eigenvalue weighted by Crippen LogP contribution is -2.14. The molecule has 0 fully saturated rings. The Balaban J connectivity index is 1.97. The van der Waals surface area contributed by atoms with Crippen LogP contribution in [0.15, 0.2) is 36.4 Å². The summed E-state index contributed by atoms with van der Waals surface area (Å²) in [4.78, 5) is 0. The van der Waals surface area contributed by atoms with Crippen LogP contribution in [0, 0.1) is 11.6 Å². The molecular weight excluding hydrogens is 276 g/mol. The van der Waals surface area contributed by atoms with Crippen LogP contribution in [-0.4, -0.2) is 14.2 Å². The van der Waals surface area contributed by atoms with E-state index in [1.54, 1.807) is 14.2 Å². The van der Waals surface area contributed by atoms with Crippen LogP contribution < -0.4 is 14.8 Å². The quantitative estimate of drug-likeness (QED) is 0.886. The van der Waals surface area contributed by atoms with Gasteiger partial charge in [-0.05, 0) is 23.8 Å². The van der Waals surface area contributed by atoms with Gasteiger partial charge in [-0.2, -0.15) is 0 Å². The van der Waals surface area contributed by atoms with Gasteiger partial charge < -0.3 is 14.8 Å². The molecule has 5 heteroatoms. The molecule has 0 saturated heterocycles. The Labute approximate surface area is 122 Å². The molecular formula is C16H17F2NO2. The van der Waals surface area contributed by atoms with Crippen molar-refractivity contribution in [3.8, 4) is 11.5 Å². The van der Waals surface area contributed by atoms with E-state index in [4.69, 9.17) is 9.47 Å². The van der Waals surface area contributed by atoms with Crippen LogP contribution in [0.3, 0.4) is 0 Å². The molecule has 0 bridgehead atoms. The number of halogens is 2. The molecule has 0 radical (unpaired) electrons. The predicted octanol–water partition coefficient (Wildman–Crippen LogP) is 3.27. The Kier molecular flexibility index (Phi) is 5.11. The van der Waals surface area contributed by atoms with Crippen LogP contribution in [0.25, 0.3) is 0 Å². The molecule has 21 heavy (non-hydrogen) atoms. The summed E-state index contributed by atoms with van der Waals surface area (Å²) in [6.45, 7) is 0.859. The summed E-state index contributed by atoms with van der Waals surface area (Å²) in [7, 11) is 3.15. The van der Waals surface area contributed by atoms with Crippen molar-refractivity contribution in [3.63, 3.8) is 0 Å². The molecule has 0 spiro atoms. The minimum atomic E-state index is -0.573. The summed E-state index contributed by atoms with van der Waals surface area (Å²) in [5, 5.41) is 3.11. The van der Waals surface area contributed by atoms with Crippen molar-refractivity contribution in [2.24, 2.45) is 0 Å². The lowest BCUT2D eigenvalue weighted by atomic mass is 10.1. The molecule has 0 aliphatic heterocycles. The van der Waals surface area contributed by atoms with Gasteiger partial charge in [0.1, 0.15) is 11.6 Å². The van der Waals surface area contributed by atoms with Crippen molar-refractivity contribution in [2.75, 3.05) is 14.2 Å². The zero-order chi connectivity index (χ0) is 15.2. The fourth-order valence-electron chi connectivity index (χ4n) is 2.00. The molecule has 2 rings (SSSR count). The van der Waals surface area contributed by atoms with Crippen LogP contribution in [0.1, 0.15) is 11.1 Å². The molecule has 2 aromatic rings. The van der Waals surface area contributed by atoms with E-state index in [1.807, 2.05) is 18.2 Å². The van der Waals surface area contributed by atoms with E-state index in [1.165, 1.54) is 12.1 Å². The molecule has 3 nitrogen and oxygen atoms in total. The number of rotatable bonds is 6. The minimum Gasteiger partial charge on any atom is -0.493 e. The largest absolute Gasteiger partial charge is 0.493 e. The number of ether oxygens (including phenoxy) is 2. The predicted molar refractivity (Wildman–Crippen MR) is 76.4 cm³/mol. The van der Waals surface area contributed by atoms with Gasteiger partial charge in [-0.15, -0.1) is 0 Å². The Bertz CT molecular complexity index is 617. The molecule has 0 atom stereocenters. The Morgan fingerprint density at radius 3 is 2.33 bits per heavy atom. The smallest absolute Gasteiger partial charge is 0.161 e. The van der Waals surface area contributed by atoms with E-state index in [9.17, 15) is 8.78 Å². The molecule has 0 saturated carbocycles. The van der Waals surface area contributed by atoms with Gasteiger partial charge in [0, 0.05) is 24.7 Å². The second-order valence-corrected chi connectivity index (χ2v) is 4.53. The van der Waals surface area contributed by atoms with Gasteiger partial charge in [0.25, 0.3) is 0 Å². The highest BCUT2D eigenvalue weighted by molar-refractivity contribution is 5.42. The van der Waals surface area contributed by atoms with Crippen molar-refractivity contribution in [1.82, 2.24) is 5.32 Å². The lowest BCUT2D eigenvalue weighted by molar-refractivity contribution is 0.354. The number of nitrogens with one attached hydrogen (secondary N) is 1.